The second-order valence-electron chi connectivity index (χ2n) is 4.66. The molecule has 1 atom stereocenters. The van der Waals surface area contributed by atoms with E-state index >= 15 is 0 Å². The topological polar surface area (TPSA) is 89.3 Å². The van der Waals surface area contributed by atoms with Crippen LogP contribution in [0.15, 0.2) is 59.5 Å². The summed E-state index contributed by atoms with van der Waals surface area (Å²) in [6, 6.07) is 14.7. The molecule has 2 aromatic rings. The number of sulfonamides is 1. The van der Waals surface area contributed by atoms with Crippen molar-refractivity contribution in [3.05, 3.63) is 60.2 Å². The number of benzene rings is 2. The minimum atomic E-state index is -3.60. The van der Waals surface area contributed by atoms with E-state index in [1.54, 1.807) is 49.4 Å². The summed E-state index contributed by atoms with van der Waals surface area (Å²) in [5.41, 5.74) is 6.40. The highest BCUT2D eigenvalue weighted by atomic mass is 32.2. The zero-order valence-corrected chi connectivity index (χ0v) is 12.3. The van der Waals surface area contributed by atoms with Crippen LogP contribution in [-0.2, 0) is 14.8 Å². The predicted octanol–water partition coefficient (Wildman–Crippen LogP) is 2.08. The lowest BCUT2D eigenvalue weighted by Gasteiger charge is -2.11. The third kappa shape index (κ3) is 3.61. The maximum absolute atomic E-state index is 12.1. The molecule has 0 aliphatic carbocycles. The maximum atomic E-state index is 12.1. The SMILES string of the molecule is C[C@@H](C(N)=O)c1ccc(NS(=O)(=O)c2ccccc2)cc1. The van der Waals surface area contributed by atoms with E-state index in [4.69, 9.17) is 5.73 Å². The van der Waals surface area contributed by atoms with E-state index in [1.165, 1.54) is 12.1 Å². The van der Waals surface area contributed by atoms with Gasteiger partial charge in [0.1, 0.15) is 0 Å². The summed E-state index contributed by atoms with van der Waals surface area (Å²) in [7, 11) is -3.60. The summed E-state index contributed by atoms with van der Waals surface area (Å²) < 4.78 is 26.8. The maximum Gasteiger partial charge on any atom is 0.261 e. The number of carbonyl (C=O) groups excluding carboxylic acids is 1. The monoisotopic (exact) mass is 304 g/mol. The number of nitrogens with one attached hydrogen (secondary N) is 1. The standard InChI is InChI=1S/C15H16N2O3S/c1-11(15(16)18)12-7-9-13(10-8-12)17-21(19,20)14-5-3-2-4-6-14/h2-11,17H,1H3,(H2,16,18)/t11-/m1/s1. The molecular weight excluding hydrogens is 288 g/mol. The van der Waals surface area contributed by atoms with Gasteiger partial charge in [0.25, 0.3) is 10.0 Å². The number of hydrogen-bond acceptors (Lipinski definition) is 3. The molecule has 0 aromatic heterocycles. The normalized spacial score (nSPS) is 12.6. The number of primary amides is 1. The van der Waals surface area contributed by atoms with E-state index in [0.29, 0.717) is 5.69 Å². The molecule has 5 nitrogen and oxygen atoms in total. The molecule has 0 fully saturated rings. The first-order valence-corrected chi connectivity index (χ1v) is 7.85. The molecule has 3 N–H and O–H groups in total. The van der Waals surface area contributed by atoms with Gasteiger partial charge < -0.3 is 5.73 Å². The first kappa shape index (κ1) is 15.1. The Morgan fingerprint density at radius 3 is 2.14 bits per heavy atom. The molecule has 0 bridgehead atoms. The Balaban J connectivity index is 2.19. The molecule has 0 spiro atoms. The van der Waals surface area contributed by atoms with Gasteiger partial charge in [0.15, 0.2) is 0 Å². The average Bonchev–Trinajstić information content (AvgIpc) is 2.48. The van der Waals surface area contributed by atoms with Crippen molar-refractivity contribution >= 4 is 21.6 Å². The number of hydrogen-bond donors (Lipinski definition) is 2. The summed E-state index contributed by atoms with van der Waals surface area (Å²) in [5.74, 6) is -0.836. The minimum absolute atomic E-state index is 0.194. The summed E-state index contributed by atoms with van der Waals surface area (Å²) in [6.07, 6.45) is 0. The number of rotatable bonds is 5. The van der Waals surface area contributed by atoms with Crippen LogP contribution < -0.4 is 10.5 Å². The van der Waals surface area contributed by atoms with Crippen molar-refractivity contribution in [2.24, 2.45) is 5.73 Å². The summed E-state index contributed by atoms with van der Waals surface area (Å²) >= 11 is 0. The van der Waals surface area contributed by atoms with Gasteiger partial charge in [-0.05, 0) is 36.8 Å². The molecule has 0 heterocycles. The van der Waals surface area contributed by atoms with Gasteiger partial charge in [-0.25, -0.2) is 8.42 Å². The first-order chi connectivity index (χ1) is 9.90. The highest BCUT2D eigenvalue weighted by Crippen LogP contribution is 2.20. The molecule has 0 saturated heterocycles. The molecule has 21 heavy (non-hydrogen) atoms. The van der Waals surface area contributed by atoms with Crippen LogP contribution in [0, 0.1) is 0 Å². The zero-order valence-electron chi connectivity index (χ0n) is 11.5. The third-order valence-corrected chi connectivity index (χ3v) is 4.54. The molecule has 2 aromatic carbocycles. The lowest BCUT2D eigenvalue weighted by Crippen LogP contribution is -2.18. The zero-order chi connectivity index (χ0) is 15.5. The van der Waals surface area contributed by atoms with Gasteiger partial charge >= 0.3 is 0 Å². The van der Waals surface area contributed by atoms with Gasteiger partial charge in [-0.2, -0.15) is 0 Å². The van der Waals surface area contributed by atoms with Crippen molar-refractivity contribution < 1.29 is 13.2 Å². The highest BCUT2D eigenvalue weighted by molar-refractivity contribution is 7.92. The molecule has 0 radical (unpaired) electrons. The van der Waals surface area contributed by atoms with Crippen LogP contribution >= 0.6 is 0 Å². The largest absolute Gasteiger partial charge is 0.369 e. The fourth-order valence-electron chi connectivity index (χ4n) is 1.82. The van der Waals surface area contributed by atoms with E-state index in [-0.39, 0.29) is 4.90 Å². The Bertz CT molecular complexity index is 725. The lowest BCUT2D eigenvalue weighted by molar-refractivity contribution is -0.119. The Morgan fingerprint density at radius 2 is 1.62 bits per heavy atom. The highest BCUT2D eigenvalue weighted by Gasteiger charge is 2.14. The van der Waals surface area contributed by atoms with Crippen LogP contribution in [-0.4, -0.2) is 14.3 Å². The fraction of sp³-hybridized carbons (Fsp3) is 0.133. The van der Waals surface area contributed by atoms with Gasteiger partial charge in [-0.15, -0.1) is 0 Å². The number of amides is 1. The molecule has 0 unspecified atom stereocenters. The van der Waals surface area contributed by atoms with Crippen LogP contribution in [0.1, 0.15) is 18.4 Å². The second kappa shape index (κ2) is 5.97. The molecular formula is C15H16N2O3S. The van der Waals surface area contributed by atoms with Crippen LogP contribution in [0.25, 0.3) is 0 Å². The molecule has 6 heteroatoms. The fourth-order valence-corrected chi connectivity index (χ4v) is 2.90. The van der Waals surface area contributed by atoms with Crippen molar-refractivity contribution in [1.29, 1.82) is 0 Å². The van der Waals surface area contributed by atoms with Gasteiger partial charge in [0.2, 0.25) is 5.91 Å². The molecule has 0 saturated carbocycles. The van der Waals surface area contributed by atoms with E-state index in [2.05, 4.69) is 4.72 Å². The molecule has 0 aliphatic rings. The molecule has 1 amide bonds. The van der Waals surface area contributed by atoms with Crippen molar-refractivity contribution in [3.63, 3.8) is 0 Å². The Morgan fingerprint density at radius 1 is 1.05 bits per heavy atom. The molecule has 0 aliphatic heterocycles. The third-order valence-electron chi connectivity index (χ3n) is 3.14. The average molecular weight is 304 g/mol. The molecule has 110 valence electrons. The Labute approximate surface area is 123 Å². The van der Waals surface area contributed by atoms with Crippen molar-refractivity contribution in [2.75, 3.05) is 4.72 Å². The van der Waals surface area contributed by atoms with E-state index in [9.17, 15) is 13.2 Å². The van der Waals surface area contributed by atoms with E-state index in [1.807, 2.05) is 0 Å². The van der Waals surface area contributed by atoms with Gasteiger partial charge in [0, 0.05) is 5.69 Å². The molecule has 2 rings (SSSR count). The number of carbonyl (C=O) groups is 1. The Kier molecular flexibility index (Phi) is 4.28. The Hall–Kier alpha value is -2.34. The summed E-state index contributed by atoms with van der Waals surface area (Å²) in [5, 5.41) is 0. The summed E-state index contributed by atoms with van der Waals surface area (Å²) in [4.78, 5) is 11.3. The first-order valence-electron chi connectivity index (χ1n) is 6.37. The van der Waals surface area contributed by atoms with Gasteiger partial charge in [-0.1, -0.05) is 30.3 Å². The number of anilines is 1. The van der Waals surface area contributed by atoms with Crippen molar-refractivity contribution in [2.45, 2.75) is 17.7 Å². The number of nitrogens with two attached hydrogens (primary N) is 1. The van der Waals surface area contributed by atoms with E-state index < -0.39 is 21.8 Å². The van der Waals surface area contributed by atoms with Crippen molar-refractivity contribution in [3.8, 4) is 0 Å². The van der Waals surface area contributed by atoms with Gasteiger partial charge in [-0.3, -0.25) is 9.52 Å². The van der Waals surface area contributed by atoms with Crippen LogP contribution in [0.5, 0.6) is 0 Å². The second-order valence-corrected chi connectivity index (χ2v) is 6.35. The minimum Gasteiger partial charge on any atom is -0.369 e. The van der Waals surface area contributed by atoms with Crippen molar-refractivity contribution in [1.82, 2.24) is 0 Å². The van der Waals surface area contributed by atoms with E-state index in [0.717, 1.165) is 5.56 Å². The predicted molar refractivity (Wildman–Crippen MR) is 81.3 cm³/mol. The quantitative estimate of drug-likeness (QED) is 0.886. The smallest absolute Gasteiger partial charge is 0.261 e. The lowest BCUT2D eigenvalue weighted by atomic mass is 10.0. The van der Waals surface area contributed by atoms with Crippen LogP contribution in [0.3, 0.4) is 0 Å². The van der Waals surface area contributed by atoms with Crippen LogP contribution in [0.2, 0.25) is 0 Å². The van der Waals surface area contributed by atoms with Crippen LogP contribution in [0.4, 0.5) is 5.69 Å². The summed E-state index contributed by atoms with van der Waals surface area (Å²) in [6.45, 7) is 1.70. The van der Waals surface area contributed by atoms with Gasteiger partial charge in [0.05, 0.1) is 10.8 Å².